The van der Waals surface area contributed by atoms with E-state index >= 15 is 0 Å². The van der Waals surface area contributed by atoms with E-state index in [1.54, 1.807) is 25.1 Å². The molecule has 2 rings (SSSR count). The van der Waals surface area contributed by atoms with E-state index in [1.165, 1.54) is 4.90 Å². The van der Waals surface area contributed by atoms with Crippen molar-refractivity contribution >= 4 is 43.5 Å². The zero-order valence-electron chi connectivity index (χ0n) is 19.5. The summed E-state index contributed by atoms with van der Waals surface area (Å²) in [6.45, 7) is 5.86. The predicted molar refractivity (Wildman–Crippen MR) is 135 cm³/mol. The molecule has 180 valence electrons. The van der Waals surface area contributed by atoms with Gasteiger partial charge in [-0.15, -0.1) is 0 Å². The number of halogens is 1. The Morgan fingerprint density at radius 1 is 1.12 bits per heavy atom. The first-order valence-corrected chi connectivity index (χ1v) is 13.5. The summed E-state index contributed by atoms with van der Waals surface area (Å²) >= 11 is 3.40. The molecule has 9 heteroatoms. The van der Waals surface area contributed by atoms with Crippen molar-refractivity contribution in [2.24, 2.45) is 0 Å². The van der Waals surface area contributed by atoms with Crippen LogP contribution in [0.5, 0.6) is 0 Å². The molecule has 0 aromatic heterocycles. The number of nitrogens with zero attached hydrogens (tertiary/aromatic N) is 2. The Kier molecular flexibility index (Phi) is 9.91. The second-order valence-corrected chi connectivity index (χ2v) is 10.9. The van der Waals surface area contributed by atoms with E-state index < -0.39 is 28.5 Å². The third kappa shape index (κ3) is 8.16. The number of anilines is 1. The molecule has 2 aromatic carbocycles. The molecule has 0 aliphatic rings. The van der Waals surface area contributed by atoms with Gasteiger partial charge in [-0.25, -0.2) is 8.42 Å². The third-order valence-electron chi connectivity index (χ3n) is 5.23. The van der Waals surface area contributed by atoms with Crippen molar-refractivity contribution in [1.82, 2.24) is 10.2 Å². The minimum absolute atomic E-state index is 0.180. The minimum Gasteiger partial charge on any atom is -0.354 e. The molecule has 7 nitrogen and oxygen atoms in total. The number of nitrogens with one attached hydrogen (secondary N) is 1. The van der Waals surface area contributed by atoms with Crippen molar-refractivity contribution in [2.45, 2.75) is 46.2 Å². The lowest BCUT2D eigenvalue weighted by Gasteiger charge is -2.31. The molecule has 0 spiro atoms. The summed E-state index contributed by atoms with van der Waals surface area (Å²) in [5.74, 6) is -0.724. The maximum absolute atomic E-state index is 13.4. The molecular weight excluding hydrogens is 506 g/mol. The standard InChI is InChI=1S/C24H32BrN3O4S/c1-5-6-14-26-24(30)19(3)27(16-20-10-12-21(25)13-11-20)23(29)17-28(33(4,31)32)22-9-7-8-18(2)15-22/h7-13,15,19H,5-6,14,16-17H2,1-4H3,(H,26,30)/t19-/m1/s1. The molecule has 2 amide bonds. The highest BCUT2D eigenvalue weighted by Gasteiger charge is 2.30. The summed E-state index contributed by atoms with van der Waals surface area (Å²) in [5.41, 5.74) is 2.12. The van der Waals surface area contributed by atoms with Gasteiger partial charge < -0.3 is 10.2 Å². The number of unbranched alkanes of at least 4 members (excludes halogenated alkanes) is 1. The number of hydrogen-bond acceptors (Lipinski definition) is 4. The average molecular weight is 539 g/mol. The van der Waals surface area contributed by atoms with Gasteiger partial charge in [-0.3, -0.25) is 13.9 Å². The normalized spacial score (nSPS) is 12.2. The van der Waals surface area contributed by atoms with Gasteiger partial charge >= 0.3 is 0 Å². The highest BCUT2D eigenvalue weighted by molar-refractivity contribution is 9.10. The van der Waals surface area contributed by atoms with Crippen molar-refractivity contribution < 1.29 is 18.0 Å². The van der Waals surface area contributed by atoms with Crippen LogP contribution in [-0.4, -0.2) is 50.5 Å². The zero-order valence-corrected chi connectivity index (χ0v) is 21.9. The van der Waals surface area contributed by atoms with Crippen molar-refractivity contribution in [1.29, 1.82) is 0 Å². The lowest BCUT2D eigenvalue weighted by atomic mass is 10.1. The van der Waals surface area contributed by atoms with Gasteiger partial charge in [0, 0.05) is 17.6 Å². The van der Waals surface area contributed by atoms with Gasteiger partial charge in [0.2, 0.25) is 21.8 Å². The van der Waals surface area contributed by atoms with Gasteiger partial charge in [0.1, 0.15) is 12.6 Å². The quantitative estimate of drug-likeness (QED) is 0.441. The van der Waals surface area contributed by atoms with E-state index in [-0.39, 0.29) is 12.5 Å². The Labute approximate surface area is 205 Å². The first-order chi connectivity index (χ1) is 15.5. The molecule has 0 aliphatic heterocycles. The van der Waals surface area contributed by atoms with Gasteiger partial charge in [0.05, 0.1) is 11.9 Å². The third-order valence-corrected chi connectivity index (χ3v) is 6.90. The Bertz CT molecular complexity index is 1060. The largest absolute Gasteiger partial charge is 0.354 e. The fourth-order valence-corrected chi connectivity index (χ4v) is 4.41. The number of hydrogen-bond donors (Lipinski definition) is 1. The number of aryl methyl sites for hydroxylation is 1. The summed E-state index contributed by atoms with van der Waals surface area (Å²) < 4.78 is 27.1. The second-order valence-electron chi connectivity index (χ2n) is 8.08. The number of sulfonamides is 1. The fraction of sp³-hybridized carbons (Fsp3) is 0.417. The fourth-order valence-electron chi connectivity index (χ4n) is 3.30. The number of carbonyl (C=O) groups excluding carboxylic acids is 2. The molecule has 0 aliphatic carbocycles. The lowest BCUT2D eigenvalue weighted by molar-refractivity contribution is -0.139. The van der Waals surface area contributed by atoms with Crippen LogP contribution in [0.25, 0.3) is 0 Å². The highest BCUT2D eigenvalue weighted by Crippen LogP contribution is 2.20. The Balaban J connectivity index is 2.33. The molecule has 0 radical (unpaired) electrons. The van der Waals surface area contributed by atoms with Crippen LogP contribution in [-0.2, 0) is 26.2 Å². The molecule has 0 heterocycles. The van der Waals surface area contributed by atoms with E-state index in [1.807, 2.05) is 44.2 Å². The first-order valence-electron chi connectivity index (χ1n) is 10.9. The maximum Gasteiger partial charge on any atom is 0.244 e. The van der Waals surface area contributed by atoms with Crippen LogP contribution in [0.1, 0.15) is 37.8 Å². The molecule has 0 saturated carbocycles. The molecule has 0 saturated heterocycles. The topological polar surface area (TPSA) is 86.8 Å². The van der Waals surface area contributed by atoms with Crippen LogP contribution in [0.15, 0.2) is 53.0 Å². The Morgan fingerprint density at radius 2 is 1.79 bits per heavy atom. The zero-order chi connectivity index (χ0) is 24.6. The van der Waals surface area contributed by atoms with Gasteiger partial charge in [0.15, 0.2) is 0 Å². The highest BCUT2D eigenvalue weighted by atomic mass is 79.9. The minimum atomic E-state index is -3.73. The van der Waals surface area contributed by atoms with Crippen LogP contribution in [0, 0.1) is 6.92 Å². The molecule has 0 unspecified atom stereocenters. The van der Waals surface area contributed by atoms with Crippen LogP contribution < -0.4 is 9.62 Å². The van der Waals surface area contributed by atoms with E-state index in [0.717, 1.165) is 39.0 Å². The van der Waals surface area contributed by atoms with Crippen molar-refractivity contribution in [3.63, 3.8) is 0 Å². The molecule has 1 atom stereocenters. The van der Waals surface area contributed by atoms with E-state index in [4.69, 9.17) is 0 Å². The average Bonchev–Trinajstić information content (AvgIpc) is 2.75. The van der Waals surface area contributed by atoms with Crippen LogP contribution >= 0.6 is 15.9 Å². The number of amides is 2. The molecule has 33 heavy (non-hydrogen) atoms. The monoisotopic (exact) mass is 537 g/mol. The number of benzene rings is 2. The van der Waals surface area contributed by atoms with E-state index in [9.17, 15) is 18.0 Å². The molecular formula is C24H32BrN3O4S. The summed E-state index contributed by atoms with van der Waals surface area (Å²) in [7, 11) is -3.73. The van der Waals surface area contributed by atoms with Gasteiger partial charge in [-0.05, 0) is 55.7 Å². The number of carbonyl (C=O) groups is 2. The smallest absolute Gasteiger partial charge is 0.244 e. The van der Waals surface area contributed by atoms with Crippen LogP contribution in [0.4, 0.5) is 5.69 Å². The van der Waals surface area contributed by atoms with Crippen LogP contribution in [0.3, 0.4) is 0 Å². The Morgan fingerprint density at radius 3 is 2.36 bits per heavy atom. The lowest BCUT2D eigenvalue weighted by Crippen LogP contribution is -2.51. The summed E-state index contributed by atoms with van der Waals surface area (Å²) in [5, 5.41) is 2.86. The van der Waals surface area contributed by atoms with Gasteiger partial charge in [-0.1, -0.05) is 53.5 Å². The second kappa shape index (κ2) is 12.2. The van der Waals surface area contributed by atoms with Crippen molar-refractivity contribution in [3.05, 3.63) is 64.1 Å². The van der Waals surface area contributed by atoms with Crippen molar-refractivity contribution in [3.8, 4) is 0 Å². The summed E-state index contributed by atoms with van der Waals surface area (Å²) in [6, 6.07) is 13.7. The van der Waals surface area contributed by atoms with Gasteiger partial charge in [0.25, 0.3) is 0 Å². The summed E-state index contributed by atoms with van der Waals surface area (Å²) in [4.78, 5) is 27.6. The molecule has 0 fully saturated rings. The van der Waals surface area contributed by atoms with Gasteiger partial charge in [-0.2, -0.15) is 0 Å². The Hall–Kier alpha value is -2.39. The molecule has 2 aromatic rings. The predicted octanol–water partition coefficient (Wildman–Crippen LogP) is 3.86. The first kappa shape index (κ1) is 26.9. The van der Waals surface area contributed by atoms with E-state index in [2.05, 4.69) is 21.2 Å². The SMILES string of the molecule is CCCCNC(=O)[C@@H](C)N(Cc1ccc(Br)cc1)C(=O)CN(c1cccc(C)c1)S(C)(=O)=O. The maximum atomic E-state index is 13.4. The number of rotatable bonds is 11. The molecule has 1 N–H and O–H groups in total. The van der Waals surface area contributed by atoms with Crippen molar-refractivity contribution in [2.75, 3.05) is 23.7 Å². The molecule has 0 bridgehead atoms. The van der Waals surface area contributed by atoms with E-state index in [0.29, 0.717) is 12.2 Å². The summed E-state index contributed by atoms with van der Waals surface area (Å²) in [6.07, 6.45) is 2.85. The van der Waals surface area contributed by atoms with Crippen LogP contribution in [0.2, 0.25) is 0 Å².